The molecule has 0 bridgehead atoms. The minimum Gasteiger partial charge on any atom is -0.481 e. The normalized spacial score (nSPS) is 10.4. The molecule has 2 aromatic rings. The predicted octanol–water partition coefficient (Wildman–Crippen LogP) is 1.54. The van der Waals surface area contributed by atoms with Crippen LogP contribution >= 0.6 is 11.3 Å². The van der Waals surface area contributed by atoms with Gasteiger partial charge < -0.3 is 15.8 Å². The fourth-order valence-electron chi connectivity index (χ4n) is 1.60. The number of nitrogens with zero attached hydrogens (tertiary/aromatic N) is 1. The van der Waals surface area contributed by atoms with Crippen LogP contribution in [0, 0.1) is 0 Å². The second-order valence-corrected chi connectivity index (χ2v) is 4.97. The van der Waals surface area contributed by atoms with Crippen LogP contribution in [0.25, 0.3) is 0 Å². The molecule has 0 spiro atoms. The van der Waals surface area contributed by atoms with Gasteiger partial charge in [-0.1, -0.05) is 0 Å². The largest absolute Gasteiger partial charge is 0.481 e. The van der Waals surface area contributed by atoms with E-state index in [0.29, 0.717) is 24.5 Å². The molecule has 5 nitrogen and oxygen atoms in total. The van der Waals surface area contributed by atoms with E-state index in [2.05, 4.69) is 10.3 Å². The maximum Gasteiger partial charge on any atom is 0.249 e. The lowest BCUT2D eigenvalue weighted by Crippen LogP contribution is -2.12. The first-order valence-corrected chi connectivity index (χ1v) is 6.64. The van der Waals surface area contributed by atoms with E-state index in [4.69, 9.17) is 10.5 Å². The summed E-state index contributed by atoms with van der Waals surface area (Å²) in [6, 6.07) is 5.63. The summed E-state index contributed by atoms with van der Waals surface area (Å²) >= 11 is 1.52. The molecule has 0 fully saturated rings. The van der Waals surface area contributed by atoms with Crippen LogP contribution < -0.4 is 15.8 Å². The van der Waals surface area contributed by atoms with Gasteiger partial charge in [-0.3, -0.25) is 4.79 Å². The van der Waals surface area contributed by atoms with Gasteiger partial charge in [-0.25, -0.2) is 4.98 Å². The van der Waals surface area contributed by atoms with Crippen LogP contribution in [-0.4, -0.2) is 18.0 Å². The second-order valence-electron chi connectivity index (χ2n) is 3.98. The molecule has 0 aromatic carbocycles. The van der Waals surface area contributed by atoms with Gasteiger partial charge in [0.15, 0.2) is 0 Å². The lowest BCUT2D eigenvalue weighted by Gasteiger charge is -2.04. The monoisotopic (exact) mass is 277 g/mol. The van der Waals surface area contributed by atoms with Crippen LogP contribution in [0.2, 0.25) is 0 Å². The maximum absolute atomic E-state index is 11.0. The Morgan fingerprint density at radius 3 is 3.00 bits per heavy atom. The zero-order valence-electron chi connectivity index (χ0n) is 10.6. The summed E-state index contributed by atoms with van der Waals surface area (Å²) in [7, 11) is 1.59. The molecule has 2 heterocycles. The van der Waals surface area contributed by atoms with E-state index in [1.54, 1.807) is 18.7 Å². The number of ether oxygens (including phenoxy) is 1. The molecule has 6 heteroatoms. The fraction of sp³-hybridized carbons (Fsp3) is 0.231. The van der Waals surface area contributed by atoms with E-state index in [0.717, 1.165) is 10.4 Å². The first-order valence-electron chi connectivity index (χ1n) is 5.76. The highest BCUT2D eigenvalue weighted by molar-refractivity contribution is 7.10. The minimum absolute atomic E-state index is 0.388. The van der Waals surface area contributed by atoms with Crippen LogP contribution in [0.5, 0.6) is 5.88 Å². The van der Waals surface area contributed by atoms with Gasteiger partial charge in [0.1, 0.15) is 0 Å². The summed E-state index contributed by atoms with van der Waals surface area (Å²) in [5.41, 5.74) is 6.86. The Balaban J connectivity index is 1.86. The van der Waals surface area contributed by atoms with Crippen molar-refractivity contribution in [2.75, 3.05) is 7.11 Å². The molecule has 3 N–H and O–H groups in total. The Hall–Kier alpha value is -1.92. The zero-order valence-corrected chi connectivity index (χ0v) is 11.4. The van der Waals surface area contributed by atoms with E-state index < -0.39 is 0 Å². The Bertz CT molecular complexity index is 569. The topological polar surface area (TPSA) is 77.2 Å². The third-order valence-electron chi connectivity index (χ3n) is 2.58. The van der Waals surface area contributed by atoms with Gasteiger partial charge >= 0.3 is 0 Å². The van der Waals surface area contributed by atoms with E-state index in [1.165, 1.54) is 11.3 Å². The summed E-state index contributed by atoms with van der Waals surface area (Å²) < 4.78 is 5.06. The standard InChI is InChI=1S/C13H15N3O2S/c1-18-12-4-9(2-3-16-12)6-15-7-11-5-10(8-19-11)13(14)17/h2-5,8,15H,6-7H2,1H3,(H2,14,17). The molecule has 0 aliphatic carbocycles. The fourth-order valence-corrected chi connectivity index (χ4v) is 2.45. The predicted molar refractivity (Wildman–Crippen MR) is 74.2 cm³/mol. The molecular weight excluding hydrogens is 262 g/mol. The Morgan fingerprint density at radius 1 is 1.47 bits per heavy atom. The lowest BCUT2D eigenvalue weighted by atomic mass is 10.2. The average molecular weight is 277 g/mol. The molecule has 2 aromatic heterocycles. The molecule has 0 saturated carbocycles. The molecular formula is C13H15N3O2S. The van der Waals surface area contributed by atoms with Gasteiger partial charge in [0.05, 0.1) is 12.7 Å². The van der Waals surface area contributed by atoms with Crippen LogP contribution in [-0.2, 0) is 13.1 Å². The molecule has 1 amide bonds. The van der Waals surface area contributed by atoms with Gasteiger partial charge in [0.2, 0.25) is 11.8 Å². The van der Waals surface area contributed by atoms with Crippen molar-refractivity contribution in [3.63, 3.8) is 0 Å². The van der Waals surface area contributed by atoms with Crippen molar-refractivity contribution in [2.24, 2.45) is 5.73 Å². The number of hydrogen-bond acceptors (Lipinski definition) is 5. The van der Waals surface area contributed by atoms with E-state index >= 15 is 0 Å². The Morgan fingerprint density at radius 2 is 2.32 bits per heavy atom. The van der Waals surface area contributed by atoms with Gasteiger partial charge in [-0.2, -0.15) is 0 Å². The number of carbonyl (C=O) groups excluding carboxylic acids is 1. The molecule has 0 radical (unpaired) electrons. The Labute approximate surface area is 115 Å². The number of rotatable bonds is 6. The highest BCUT2D eigenvalue weighted by Crippen LogP contribution is 2.14. The summed E-state index contributed by atoms with van der Waals surface area (Å²) in [5.74, 6) is 0.216. The Kier molecular flexibility index (Phi) is 4.48. The maximum atomic E-state index is 11.0. The molecule has 0 saturated heterocycles. The van der Waals surface area contributed by atoms with Crippen LogP contribution in [0.1, 0.15) is 20.8 Å². The molecule has 0 atom stereocenters. The molecule has 100 valence electrons. The first-order chi connectivity index (χ1) is 9.19. The van der Waals surface area contributed by atoms with Crippen molar-refractivity contribution in [2.45, 2.75) is 13.1 Å². The third-order valence-corrected chi connectivity index (χ3v) is 3.51. The highest BCUT2D eigenvalue weighted by atomic mass is 32.1. The number of methoxy groups -OCH3 is 1. The number of nitrogens with one attached hydrogen (secondary N) is 1. The SMILES string of the molecule is COc1cc(CNCc2cc(C(N)=O)cs2)ccn1. The molecule has 0 aliphatic rings. The zero-order chi connectivity index (χ0) is 13.7. The van der Waals surface area contributed by atoms with Crippen molar-refractivity contribution >= 4 is 17.2 Å². The number of pyridine rings is 1. The van der Waals surface area contributed by atoms with Crippen molar-refractivity contribution < 1.29 is 9.53 Å². The average Bonchev–Trinajstić information content (AvgIpc) is 2.88. The van der Waals surface area contributed by atoms with Gasteiger partial charge in [-0.05, 0) is 17.7 Å². The highest BCUT2D eigenvalue weighted by Gasteiger charge is 2.04. The summed E-state index contributed by atoms with van der Waals surface area (Å²) in [6.07, 6.45) is 1.71. The molecule has 0 unspecified atom stereocenters. The number of thiophene rings is 1. The number of primary amides is 1. The smallest absolute Gasteiger partial charge is 0.249 e. The van der Waals surface area contributed by atoms with E-state index in [1.807, 2.05) is 18.2 Å². The van der Waals surface area contributed by atoms with E-state index in [-0.39, 0.29) is 5.91 Å². The van der Waals surface area contributed by atoms with E-state index in [9.17, 15) is 4.79 Å². The van der Waals surface area contributed by atoms with Crippen LogP contribution in [0.15, 0.2) is 29.8 Å². The number of hydrogen-bond donors (Lipinski definition) is 2. The van der Waals surface area contributed by atoms with Crippen LogP contribution in [0.4, 0.5) is 0 Å². The number of aromatic nitrogens is 1. The van der Waals surface area contributed by atoms with Crippen molar-refractivity contribution in [3.05, 3.63) is 45.8 Å². The van der Waals surface area contributed by atoms with Crippen molar-refractivity contribution in [3.8, 4) is 5.88 Å². The molecule has 0 aliphatic heterocycles. The van der Waals surface area contributed by atoms with Crippen molar-refractivity contribution in [1.82, 2.24) is 10.3 Å². The summed E-state index contributed by atoms with van der Waals surface area (Å²) in [6.45, 7) is 1.41. The lowest BCUT2D eigenvalue weighted by molar-refractivity contribution is 0.100. The second kappa shape index (κ2) is 6.31. The van der Waals surface area contributed by atoms with Crippen molar-refractivity contribution in [1.29, 1.82) is 0 Å². The van der Waals surface area contributed by atoms with Gasteiger partial charge in [-0.15, -0.1) is 11.3 Å². The van der Waals surface area contributed by atoms with Gasteiger partial charge in [0.25, 0.3) is 0 Å². The molecule has 19 heavy (non-hydrogen) atoms. The number of nitrogens with two attached hydrogens (primary N) is 1. The third kappa shape index (κ3) is 3.77. The number of amides is 1. The first kappa shape index (κ1) is 13.5. The quantitative estimate of drug-likeness (QED) is 0.839. The minimum atomic E-state index is -0.388. The summed E-state index contributed by atoms with van der Waals surface area (Å²) in [5, 5.41) is 5.07. The summed E-state index contributed by atoms with van der Waals surface area (Å²) in [4.78, 5) is 16.1. The van der Waals surface area contributed by atoms with Crippen LogP contribution in [0.3, 0.4) is 0 Å². The molecule has 2 rings (SSSR count). The van der Waals surface area contributed by atoms with Gasteiger partial charge in [0, 0.05) is 35.6 Å². The number of carbonyl (C=O) groups is 1.